The molecule has 1 rings (SSSR count). The molecule has 3 N–H and O–H groups in total. The fourth-order valence-corrected chi connectivity index (χ4v) is 1.26. The molecule has 0 fully saturated rings. The molecule has 0 aliphatic heterocycles. The first kappa shape index (κ1) is 13.9. The van der Waals surface area contributed by atoms with E-state index in [1.54, 1.807) is 6.07 Å². The summed E-state index contributed by atoms with van der Waals surface area (Å²) in [4.78, 5) is 23.2. The molecule has 2 amide bonds. The third-order valence-corrected chi connectivity index (χ3v) is 2.30. The van der Waals surface area contributed by atoms with Crippen molar-refractivity contribution in [1.82, 2.24) is 5.32 Å². The van der Waals surface area contributed by atoms with Crippen molar-refractivity contribution in [3.8, 4) is 0 Å². The number of halogens is 1. The molecule has 98 valence electrons. The van der Waals surface area contributed by atoms with E-state index in [-0.39, 0.29) is 5.69 Å². The van der Waals surface area contributed by atoms with Gasteiger partial charge in [-0.3, -0.25) is 4.90 Å². The lowest BCUT2D eigenvalue weighted by Gasteiger charge is -2.20. The fourth-order valence-electron chi connectivity index (χ4n) is 1.26. The Morgan fingerprint density at radius 2 is 2.06 bits per heavy atom. The molecule has 1 atom stereocenters. The van der Waals surface area contributed by atoms with Crippen molar-refractivity contribution < 1.29 is 24.2 Å². The smallest absolute Gasteiger partial charge is 0.328 e. The lowest BCUT2D eigenvalue weighted by atomic mass is 10.3. The van der Waals surface area contributed by atoms with Crippen molar-refractivity contribution in [3.05, 3.63) is 30.1 Å². The Morgan fingerprint density at radius 3 is 2.56 bits per heavy atom. The van der Waals surface area contributed by atoms with Crippen molar-refractivity contribution in [2.24, 2.45) is 0 Å². The summed E-state index contributed by atoms with van der Waals surface area (Å²) >= 11 is 0. The van der Waals surface area contributed by atoms with Crippen LogP contribution in [0.1, 0.15) is 0 Å². The number of anilines is 1. The number of carboxylic acid groups (broad SMARTS) is 1. The number of benzene rings is 1. The Balaban J connectivity index is 2.79. The van der Waals surface area contributed by atoms with Gasteiger partial charge in [0.2, 0.25) is 0 Å². The van der Waals surface area contributed by atoms with E-state index < -0.39 is 30.5 Å². The van der Waals surface area contributed by atoms with E-state index in [1.807, 2.05) is 0 Å². The molecule has 0 radical (unpaired) electrons. The van der Waals surface area contributed by atoms with Crippen LogP contribution in [0, 0.1) is 5.82 Å². The van der Waals surface area contributed by atoms with E-state index in [2.05, 4.69) is 5.32 Å². The van der Waals surface area contributed by atoms with Gasteiger partial charge < -0.3 is 15.5 Å². The van der Waals surface area contributed by atoms with Gasteiger partial charge in [0.25, 0.3) is 0 Å². The van der Waals surface area contributed by atoms with Crippen LogP contribution in [-0.2, 0) is 4.79 Å². The number of carboxylic acids is 1. The highest BCUT2D eigenvalue weighted by Gasteiger charge is 2.22. The number of nitrogens with one attached hydrogen (secondary N) is 1. The Bertz CT molecular complexity index is 452. The van der Waals surface area contributed by atoms with E-state index in [9.17, 15) is 14.0 Å². The maximum atomic E-state index is 13.4. The number of para-hydroxylation sites is 1. The molecule has 6 nitrogen and oxygen atoms in total. The van der Waals surface area contributed by atoms with Gasteiger partial charge in [0.05, 0.1) is 12.3 Å². The minimum atomic E-state index is -1.42. The quantitative estimate of drug-likeness (QED) is 0.728. The van der Waals surface area contributed by atoms with Crippen LogP contribution in [0.15, 0.2) is 24.3 Å². The molecular weight excluding hydrogens is 243 g/mol. The summed E-state index contributed by atoms with van der Waals surface area (Å²) in [6.07, 6.45) is 0. The summed E-state index contributed by atoms with van der Waals surface area (Å²) in [5, 5.41) is 19.5. The number of rotatable bonds is 4. The molecule has 0 aromatic heterocycles. The second-order valence-electron chi connectivity index (χ2n) is 3.53. The molecule has 0 saturated heterocycles. The monoisotopic (exact) mass is 256 g/mol. The average Bonchev–Trinajstić information content (AvgIpc) is 2.35. The molecule has 1 unspecified atom stereocenters. The minimum absolute atomic E-state index is 0.0112. The van der Waals surface area contributed by atoms with Crippen molar-refractivity contribution in [2.45, 2.75) is 6.04 Å². The first-order valence-corrected chi connectivity index (χ1v) is 5.09. The molecule has 0 aliphatic rings. The second kappa shape index (κ2) is 5.97. The van der Waals surface area contributed by atoms with Gasteiger partial charge in [-0.1, -0.05) is 12.1 Å². The van der Waals surface area contributed by atoms with Crippen LogP contribution in [0.4, 0.5) is 14.9 Å². The van der Waals surface area contributed by atoms with Gasteiger partial charge in [-0.15, -0.1) is 0 Å². The third-order valence-electron chi connectivity index (χ3n) is 2.30. The van der Waals surface area contributed by atoms with Gasteiger partial charge in [-0.25, -0.2) is 14.0 Å². The third kappa shape index (κ3) is 3.17. The highest BCUT2D eigenvalue weighted by molar-refractivity contribution is 5.94. The normalized spacial score (nSPS) is 11.7. The maximum Gasteiger partial charge on any atom is 0.328 e. The van der Waals surface area contributed by atoms with E-state index in [1.165, 1.54) is 25.2 Å². The van der Waals surface area contributed by atoms with E-state index in [4.69, 9.17) is 10.2 Å². The lowest BCUT2D eigenvalue weighted by Crippen LogP contribution is -2.48. The van der Waals surface area contributed by atoms with Gasteiger partial charge in [-0.05, 0) is 12.1 Å². The number of aliphatic hydroxyl groups is 1. The Kier molecular flexibility index (Phi) is 4.61. The highest BCUT2D eigenvalue weighted by Crippen LogP contribution is 2.16. The molecule has 1 aromatic rings. The van der Waals surface area contributed by atoms with Crippen LogP contribution < -0.4 is 10.2 Å². The molecule has 18 heavy (non-hydrogen) atoms. The van der Waals surface area contributed by atoms with Crippen molar-refractivity contribution in [3.63, 3.8) is 0 Å². The lowest BCUT2D eigenvalue weighted by molar-refractivity contribution is -0.140. The molecule has 7 heteroatoms. The predicted molar refractivity (Wildman–Crippen MR) is 61.8 cm³/mol. The average molecular weight is 256 g/mol. The highest BCUT2D eigenvalue weighted by atomic mass is 19.1. The molecular formula is C11H13FN2O4. The van der Waals surface area contributed by atoms with Crippen LogP contribution in [0.2, 0.25) is 0 Å². The summed E-state index contributed by atoms with van der Waals surface area (Å²) in [5.74, 6) is -1.97. The van der Waals surface area contributed by atoms with Crippen LogP contribution >= 0.6 is 0 Å². The van der Waals surface area contributed by atoms with Crippen LogP contribution in [0.3, 0.4) is 0 Å². The van der Waals surface area contributed by atoms with Crippen LogP contribution in [0.25, 0.3) is 0 Å². The van der Waals surface area contributed by atoms with Gasteiger partial charge in [0.15, 0.2) is 6.04 Å². The van der Waals surface area contributed by atoms with E-state index in [0.717, 1.165) is 4.90 Å². The molecule has 0 aliphatic carbocycles. The SMILES string of the molecule is CN(C(=O)NC(CO)C(=O)O)c1ccccc1F. The van der Waals surface area contributed by atoms with Gasteiger partial charge in [-0.2, -0.15) is 0 Å². The first-order chi connectivity index (χ1) is 8.47. The molecule has 0 bridgehead atoms. The van der Waals surface area contributed by atoms with Gasteiger partial charge >= 0.3 is 12.0 Å². The first-order valence-electron chi connectivity index (χ1n) is 5.09. The van der Waals surface area contributed by atoms with Gasteiger partial charge in [0.1, 0.15) is 5.82 Å². The number of aliphatic hydroxyl groups excluding tert-OH is 1. The topological polar surface area (TPSA) is 89.9 Å². The number of amides is 2. The Labute approximate surface area is 103 Å². The van der Waals surface area contributed by atoms with Crippen LogP contribution in [-0.4, -0.2) is 41.9 Å². The summed E-state index contributed by atoms with van der Waals surface area (Å²) in [7, 11) is 1.30. The number of urea groups is 1. The molecule has 1 aromatic carbocycles. The summed E-state index contributed by atoms with van der Waals surface area (Å²) in [6, 6.07) is 3.33. The van der Waals surface area contributed by atoms with Crippen molar-refractivity contribution in [1.29, 1.82) is 0 Å². The van der Waals surface area contributed by atoms with Crippen molar-refractivity contribution in [2.75, 3.05) is 18.6 Å². The Morgan fingerprint density at radius 1 is 1.44 bits per heavy atom. The Hall–Kier alpha value is -2.15. The fraction of sp³-hybridized carbons (Fsp3) is 0.273. The summed E-state index contributed by atoms with van der Waals surface area (Å²) in [5.41, 5.74) is 0.0112. The predicted octanol–water partition coefficient (Wildman–Crippen LogP) is 0.417. The number of hydrogen-bond acceptors (Lipinski definition) is 3. The van der Waals surface area contributed by atoms with Gasteiger partial charge in [0, 0.05) is 7.05 Å². The minimum Gasteiger partial charge on any atom is -0.480 e. The molecule has 0 saturated carbocycles. The number of carbonyl (C=O) groups excluding carboxylic acids is 1. The number of aliphatic carboxylic acids is 1. The standard InChI is InChI=1S/C11H13FN2O4/c1-14(9-5-3-2-4-7(9)12)11(18)13-8(6-15)10(16)17/h2-5,8,15H,6H2,1H3,(H,13,18)(H,16,17). The molecule has 0 spiro atoms. The summed E-state index contributed by atoms with van der Waals surface area (Å²) in [6.45, 7) is -0.744. The zero-order chi connectivity index (χ0) is 13.7. The zero-order valence-corrected chi connectivity index (χ0v) is 9.63. The largest absolute Gasteiger partial charge is 0.480 e. The number of nitrogens with zero attached hydrogens (tertiary/aromatic N) is 1. The number of carbonyl (C=O) groups is 2. The summed E-state index contributed by atoms with van der Waals surface area (Å²) < 4.78 is 13.4. The second-order valence-corrected chi connectivity index (χ2v) is 3.53. The van der Waals surface area contributed by atoms with E-state index >= 15 is 0 Å². The van der Waals surface area contributed by atoms with E-state index in [0.29, 0.717) is 0 Å². The zero-order valence-electron chi connectivity index (χ0n) is 9.63. The number of hydrogen-bond donors (Lipinski definition) is 3. The van der Waals surface area contributed by atoms with Crippen LogP contribution in [0.5, 0.6) is 0 Å². The maximum absolute atomic E-state index is 13.4. The van der Waals surface area contributed by atoms with Crippen molar-refractivity contribution >= 4 is 17.7 Å². The molecule has 0 heterocycles.